The van der Waals surface area contributed by atoms with E-state index in [0.29, 0.717) is 19.4 Å². The van der Waals surface area contributed by atoms with Crippen LogP contribution in [0.3, 0.4) is 0 Å². The lowest BCUT2D eigenvalue weighted by atomic mass is 9.96. The minimum Gasteiger partial charge on any atom is -0.388 e. The van der Waals surface area contributed by atoms with E-state index in [9.17, 15) is 14.7 Å². The molecule has 0 bridgehead atoms. The molecule has 0 aliphatic heterocycles. The summed E-state index contributed by atoms with van der Waals surface area (Å²) in [6.07, 6.45) is 1.43. The zero-order valence-electron chi connectivity index (χ0n) is 12.8. The Morgan fingerprint density at radius 3 is 2.00 bits per heavy atom. The first-order valence-corrected chi connectivity index (χ1v) is 6.92. The van der Waals surface area contributed by atoms with Gasteiger partial charge in [0.25, 0.3) is 0 Å². The molecular formula is C14H28N2O3. The van der Waals surface area contributed by atoms with Gasteiger partial charge in [0.1, 0.15) is 0 Å². The van der Waals surface area contributed by atoms with Crippen LogP contribution in [-0.4, -0.2) is 35.6 Å². The van der Waals surface area contributed by atoms with Crippen LogP contribution in [0.5, 0.6) is 0 Å². The number of carbonyl (C=O) groups excluding carboxylic acids is 2. The van der Waals surface area contributed by atoms with Gasteiger partial charge in [-0.1, -0.05) is 34.6 Å². The molecule has 0 radical (unpaired) electrons. The minimum atomic E-state index is -0.829. The first-order chi connectivity index (χ1) is 8.64. The van der Waals surface area contributed by atoms with E-state index in [1.54, 1.807) is 0 Å². The van der Waals surface area contributed by atoms with Gasteiger partial charge in [-0.15, -0.1) is 0 Å². The van der Waals surface area contributed by atoms with Crippen LogP contribution in [0.1, 0.15) is 53.9 Å². The third-order valence-electron chi connectivity index (χ3n) is 3.25. The second kappa shape index (κ2) is 7.48. The molecule has 3 N–H and O–H groups in total. The Hall–Kier alpha value is -1.10. The van der Waals surface area contributed by atoms with E-state index in [4.69, 9.17) is 0 Å². The molecule has 0 fully saturated rings. The van der Waals surface area contributed by atoms with Crippen molar-refractivity contribution in [3.05, 3.63) is 0 Å². The van der Waals surface area contributed by atoms with Crippen LogP contribution >= 0.6 is 0 Å². The summed E-state index contributed by atoms with van der Waals surface area (Å²) in [5.74, 6) is -0.228. The average Bonchev–Trinajstić information content (AvgIpc) is 2.34. The number of rotatable bonds is 7. The molecule has 0 aromatic rings. The lowest BCUT2D eigenvalue weighted by molar-refractivity contribution is -0.128. The number of amides is 2. The van der Waals surface area contributed by atoms with E-state index < -0.39 is 11.0 Å². The van der Waals surface area contributed by atoms with Gasteiger partial charge in [0, 0.05) is 24.9 Å². The smallest absolute Gasteiger partial charge is 0.225 e. The number of hydrogen-bond donors (Lipinski definition) is 3. The fourth-order valence-electron chi connectivity index (χ4n) is 1.41. The number of hydrogen-bond acceptors (Lipinski definition) is 3. The van der Waals surface area contributed by atoms with Crippen molar-refractivity contribution in [3.63, 3.8) is 0 Å². The Labute approximate surface area is 116 Å². The Morgan fingerprint density at radius 2 is 1.58 bits per heavy atom. The molecule has 5 nitrogen and oxygen atoms in total. The zero-order chi connectivity index (χ0) is 15.1. The van der Waals surface area contributed by atoms with E-state index in [2.05, 4.69) is 10.6 Å². The van der Waals surface area contributed by atoms with Crippen molar-refractivity contribution in [2.45, 2.75) is 59.5 Å². The molecular weight excluding hydrogens is 244 g/mol. The zero-order valence-corrected chi connectivity index (χ0v) is 12.8. The van der Waals surface area contributed by atoms with E-state index >= 15 is 0 Å². The van der Waals surface area contributed by atoms with Crippen LogP contribution in [0.25, 0.3) is 0 Å². The topological polar surface area (TPSA) is 78.4 Å². The van der Waals surface area contributed by atoms with E-state index in [1.165, 1.54) is 0 Å². The summed E-state index contributed by atoms with van der Waals surface area (Å²) in [6, 6.07) is 0. The largest absolute Gasteiger partial charge is 0.388 e. The van der Waals surface area contributed by atoms with Crippen molar-refractivity contribution in [1.82, 2.24) is 10.6 Å². The van der Waals surface area contributed by atoms with Crippen molar-refractivity contribution in [2.75, 3.05) is 13.1 Å². The molecule has 5 heteroatoms. The van der Waals surface area contributed by atoms with Crippen LogP contribution < -0.4 is 10.6 Å². The summed E-state index contributed by atoms with van der Waals surface area (Å²) in [5, 5.41) is 15.4. The Morgan fingerprint density at radius 1 is 1.05 bits per heavy atom. The third-order valence-corrected chi connectivity index (χ3v) is 3.25. The Balaban J connectivity index is 3.92. The molecule has 0 saturated heterocycles. The van der Waals surface area contributed by atoms with Crippen LogP contribution in [0, 0.1) is 5.41 Å². The van der Waals surface area contributed by atoms with Crippen molar-refractivity contribution >= 4 is 11.8 Å². The highest BCUT2D eigenvalue weighted by Gasteiger charge is 2.23. The molecule has 0 spiro atoms. The fraction of sp³-hybridized carbons (Fsp3) is 0.857. The molecule has 0 rings (SSSR count). The molecule has 0 aromatic carbocycles. The van der Waals surface area contributed by atoms with Crippen molar-refractivity contribution < 1.29 is 14.7 Å². The maximum Gasteiger partial charge on any atom is 0.225 e. The standard InChI is InChI=1S/C14H28N2O3/c1-6-14(19,7-2)10-16-11(17)8-9-15-12(18)13(3,4)5/h19H,6-10H2,1-5H3,(H,15,18)(H,16,17). The summed E-state index contributed by atoms with van der Waals surface area (Å²) in [5.41, 5.74) is -1.27. The van der Waals surface area contributed by atoms with Crippen LogP contribution in [0.4, 0.5) is 0 Å². The molecule has 0 aromatic heterocycles. The number of nitrogens with one attached hydrogen (secondary N) is 2. The predicted molar refractivity (Wildman–Crippen MR) is 75.6 cm³/mol. The van der Waals surface area contributed by atoms with Gasteiger partial charge < -0.3 is 15.7 Å². The van der Waals surface area contributed by atoms with Crippen molar-refractivity contribution in [3.8, 4) is 0 Å². The van der Waals surface area contributed by atoms with Gasteiger partial charge in [0.15, 0.2) is 0 Å². The van der Waals surface area contributed by atoms with E-state index in [-0.39, 0.29) is 24.8 Å². The van der Waals surface area contributed by atoms with Crippen LogP contribution in [0.15, 0.2) is 0 Å². The molecule has 0 aliphatic carbocycles. The highest BCUT2D eigenvalue weighted by Crippen LogP contribution is 2.13. The molecule has 0 atom stereocenters. The first-order valence-electron chi connectivity index (χ1n) is 6.92. The van der Waals surface area contributed by atoms with Gasteiger partial charge in [0.2, 0.25) is 11.8 Å². The maximum atomic E-state index is 11.6. The quantitative estimate of drug-likeness (QED) is 0.652. The average molecular weight is 272 g/mol. The van der Waals surface area contributed by atoms with Gasteiger partial charge in [-0.2, -0.15) is 0 Å². The highest BCUT2D eigenvalue weighted by molar-refractivity contribution is 5.82. The van der Waals surface area contributed by atoms with Gasteiger partial charge in [-0.25, -0.2) is 0 Å². The molecule has 112 valence electrons. The van der Waals surface area contributed by atoms with Crippen molar-refractivity contribution in [1.29, 1.82) is 0 Å². The summed E-state index contributed by atoms with van der Waals surface area (Å²) in [4.78, 5) is 23.2. The fourth-order valence-corrected chi connectivity index (χ4v) is 1.41. The summed E-state index contributed by atoms with van der Waals surface area (Å²) >= 11 is 0. The van der Waals surface area contributed by atoms with Crippen LogP contribution in [-0.2, 0) is 9.59 Å². The number of carbonyl (C=O) groups is 2. The summed E-state index contributed by atoms with van der Waals surface area (Å²) in [7, 11) is 0. The highest BCUT2D eigenvalue weighted by atomic mass is 16.3. The van der Waals surface area contributed by atoms with Crippen molar-refractivity contribution in [2.24, 2.45) is 5.41 Å². The van der Waals surface area contributed by atoms with Gasteiger partial charge in [-0.05, 0) is 12.8 Å². The molecule has 0 aliphatic rings. The Bertz CT molecular complexity index is 304. The van der Waals surface area contributed by atoms with E-state index in [1.807, 2.05) is 34.6 Å². The normalized spacial score (nSPS) is 12.1. The number of aliphatic hydroxyl groups is 1. The lowest BCUT2D eigenvalue weighted by Crippen LogP contribution is -2.43. The molecule has 2 amide bonds. The Kier molecular flexibility index (Phi) is 7.05. The van der Waals surface area contributed by atoms with Gasteiger partial charge in [-0.3, -0.25) is 9.59 Å². The molecule has 0 unspecified atom stereocenters. The van der Waals surface area contributed by atoms with Gasteiger partial charge >= 0.3 is 0 Å². The summed E-state index contributed by atoms with van der Waals surface area (Å²) < 4.78 is 0. The van der Waals surface area contributed by atoms with Gasteiger partial charge in [0.05, 0.1) is 5.60 Å². The second-order valence-corrected chi connectivity index (χ2v) is 5.96. The third kappa shape index (κ3) is 7.15. The first kappa shape index (κ1) is 17.9. The predicted octanol–water partition coefficient (Wildman–Crippen LogP) is 1.21. The monoisotopic (exact) mass is 272 g/mol. The lowest BCUT2D eigenvalue weighted by Gasteiger charge is -2.25. The van der Waals surface area contributed by atoms with Crippen LogP contribution in [0.2, 0.25) is 0 Å². The molecule has 19 heavy (non-hydrogen) atoms. The second-order valence-electron chi connectivity index (χ2n) is 5.96. The minimum absolute atomic E-state index is 0.0704. The maximum absolute atomic E-state index is 11.6. The SMILES string of the molecule is CCC(O)(CC)CNC(=O)CCNC(=O)C(C)(C)C. The molecule has 0 heterocycles. The molecule has 0 saturated carbocycles. The van der Waals surface area contributed by atoms with E-state index in [0.717, 1.165) is 0 Å². The summed E-state index contributed by atoms with van der Waals surface area (Å²) in [6.45, 7) is 9.82.